The van der Waals surface area contributed by atoms with E-state index < -0.39 is 5.60 Å². The maximum atomic E-state index is 14.2. The summed E-state index contributed by atoms with van der Waals surface area (Å²) in [5, 5.41) is 12.8. The number of aliphatic hydroxyl groups is 1. The topological polar surface area (TPSA) is 36.4 Å². The van der Waals surface area contributed by atoms with Crippen molar-refractivity contribution in [3.05, 3.63) is 75.7 Å². The number of halogens is 2. The molecule has 0 amide bonds. The smallest absolute Gasteiger partial charge is 0.129 e. The molecule has 1 aliphatic rings. The van der Waals surface area contributed by atoms with Crippen molar-refractivity contribution >= 4 is 22.5 Å². The van der Waals surface area contributed by atoms with Crippen molar-refractivity contribution in [2.75, 3.05) is 13.1 Å². The molecule has 1 N–H and O–H groups in total. The Morgan fingerprint density at radius 1 is 1.11 bits per heavy atom. The highest BCUT2D eigenvalue weighted by atomic mass is 35.5. The summed E-state index contributed by atoms with van der Waals surface area (Å²) in [6, 6.07) is 13.2. The Labute approximate surface area is 169 Å². The van der Waals surface area contributed by atoms with Crippen LogP contribution in [0.5, 0.6) is 0 Å². The van der Waals surface area contributed by atoms with Gasteiger partial charge in [0, 0.05) is 36.3 Å². The first kappa shape index (κ1) is 19.3. The van der Waals surface area contributed by atoms with Crippen LogP contribution in [0.15, 0.2) is 42.5 Å². The van der Waals surface area contributed by atoms with Gasteiger partial charge in [-0.05, 0) is 62.1 Å². The molecule has 2 aromatic carbocycles. The number of hydrogen-bond donors (Lipinski definition) is 1. The number of hydrogen-bond acceptors (Lipinski definition) is 3. The van der Waals surface area contributed by atoms with Crippen LogP contribution in [0.3, 0.4) is 0 Å². The molecule has 1 aromatic heterocycles. The molecular formula is C23H24ClFN2O. The summed E-state index contributed by atoms with van der Waals surface area (Å²) in [6.07, 6.45) is 1.20. The third-order valence-electron chi connectivity index (χ3n) is 5.81. The number of rotatable bonds is 3. The van der Waals surface area contributed by atoms with Crippen molar-refractivity contribution < 1.29 is 9.50 Å². The molecule has 1 fully saturated rings. The summed E-state index contributed by atoms with van der Waals surface area (Å²) in [4.78, 5) is 6.69. The molecule has 3 nitrogen and oxygen atoms in total. The molecule has 2 heterocycles. The van der Waals surface area contributed by atoms with Crippen molar-refractivity contribution in [1.82, 2.24) is 9.88 Å². The molecule has 0 aliphatic carbocycles. The fourth-order valence-electron chi connectivity index (χ4n) is 3.97. The molecule has 28 heavy (non-hydrogen) atoms. The first-order valence-electron chi connectivity index (χ1n) is 9.62. The minimum absolute atomic E-state index is 0.270. The van der Waals surface area contributed by atoms with Gasteiger partial charge in [0.05, 0.1) is 16.1 Å². The zero-order valence-electron chi connectivity index (χ0n) is 16.2. The lowest BCUT2D eigenvalue weighted by Gasteiger charge is -2.38. The first-order valence-corrected chi connectivity index (χ1v) is 10.00. The van der Waals surface area contributed by atoms with Gasteiger partial charge in [-0.2, -0.15) is 0 Å². The second-order valence-electron chi connectivity index (χ2n) is 7.82. The van der Waals surface area contributed by atoms with Crippen LogP contribution in [0.4, 0.5) is 4.39 Å². The normalized spacial score (nSPS) is 17.2. The van der Waals surface area contributed by atoms with Crippen LogP contribution in [0, 0.1) is 19.7 Å². The Kier molecular flexibility index (Phi) is 5.13. The highest BCUT2D eigenvalue weighted by molar-refractivity contribution is 6.32. The van der Waals surface area contributed by atoms with Crippen LogP contribution in [-0.4, -0.2) is 28.1 Å². The molecule has 0 bridgehead atoms. The molecule has 0 unspecified atom stereocenters. The Morgan fingerprint density at radius 3 is 2.61 bits per heavy atom. The molecule has 0 spiro atoms. The van der Waals surface area contributed by atoms with Gasteiger partial charge < -0.3 is 5.11 Å². The molecule has 3 aromatic rings. The van der Waals surface area contributed by atoms with E-state index in [2.05, 4.69) is 9.88 Å². The minimum Gasteiger partial charge on any atom is -0.385 e. The summed E-state index contributed by atoms with van der Waals surface area (Å²) in [5.41, 5.74) is 3.39. The minimum atomic E-state index is -0.871. The van der Waals surface area contributed by atoms with Gasteiger partial charge in [0.1, 0.15) is 5.82 Å². The van der Waals surface area contributed by atoms with E-state index in [1.165, 1.54) is 6.07 Å². The number of aryl methyl sites for hydroxylation is 2. The van der Waals surface area contributed by atoms with E-state index >= 15 is 0 Å². The van der Waals surface area contributed by atoms with E-state index in [-0.39, 0.29) is 5.82 Å². The van der Waals surface area contributed by atoms with Crippen LogP contribution < -0.4 is 0 Å². The molecule has 1 saturated heterocycles. The van der Waals surface area contributed by atoms with Gasteiger partial charge in [-0.3, -0.25) is 9.88 Å². The van der Waals surface area contributed by atoms with E-state index in [0.717, 1.165) is 27.7 Å². The molecule has 0 atom stereocenters. The number of fused-ring (bicyclic) bond motifs is 1. The highest BCUT2D eigenvalue weighted by Gasteiger charge is 2.34. The second-order valence-corrected chi connectivity index (χ2v) is 8.20. The standard InChI is InChI=1S/C23H24ClFN2O/c1-15-3-7-20(25)19(22(15)24)14-27-11-9-23(28,10-12-27)18-6-8-21-17(13-18)5-4-16(2)26-21/h3-8,13,28H,9-12,14H2,1-2H3. The van der Waals surface area contributed by atoms with Gasteiger partial charge >= 0.3 is 0 Å². The fraction of sp³-hybridized carbons (Fsp3) is 0.348. The lowest BCUT2D eigenvalue weighted by atomic mass is 9.83. The van der Waals surface area contributed by atoms with E-state index in [1.54, 1.807) is 6.07 Å². The maximum Gasteiger partial charge on any atom is 0.129 e. The third-order valence-corrected chi connectivity index (χ3v) is 6.34. The van der Waals surface area contributed by atoms with Crippen molar-refractivity contribution in [2.24, 2.45) is 0 Å². The van der Waals surface area contributed by atoms with E-state index in [9.17, 15) is 9.50 Å². The molecular weight excluding hydrogens is 375 g/mol. The monoisotopic (exact) mass is 398 g/mol. The van der Waals surface area contributed by atoms with Gasteiger partial charge in [-0.1, -0.05) is 29.8 Å². The van der Waals surface area contributed by atoms with Crippen molar-refractivity contribution in [3.63, 3.8) is 0 Å². The lowest BCUT2D eigenvalue weighted by Crippen LogP contribution is -2.42. The molecule has 4 rings (SSSR count). The Balaban J connectivity index is 1.50. The number of pyridine rings is 1. The lowest BCUT2D eigenvalue weighted by molar-refractivity contribution is -0.0278. The zero-order valence-corrected chi connectivity index (χ0v) is 16.9. The van der Waals surface area contributed by atoms with Gasteiger partial charge in [-0.15, -0.1) is 0 Å². The van der Waals surface area contributed by atoms with Crippen LogP contribution in [0.1, 0.15) is 35.2 Å². The van der Waals surface area contributed by atoms with Gasteiger partial charge in [0.2, 0.25) is 0 Å². The van der Waals surface area contributed by atoms with Crippen molar-refractivity contribution in [3.8, 4) is 0 Å². The van der Waals surface area contributed by atoms with Crippen LogP contribution >= 0.6 is 11.6 Å². The van der Waals surface area contributed by atoms with Crippen molar-refractivity contribution in [1.29, 1.82) is 0 Å². The van der Waals surface area contributed by atoms with E-state index in [0.29, 0.717) is 43.1 Å². The summed E-state index contributed by atoms with van der Waals surface area (Å²) in [6.45, 7) is 5.69. The zero-order chi connectivity index (χ0) is 19.9. The van der Waals surface area contributed by atoms with Gasteiger partial charge in [0.15, 0.2) is 0 Å². The Hall–Kier alpha value is -2.01. The summed E-state index contributed by atoms with van der Waals surface area (Å²) < 4.78 is 14.2. The molecule has 1 aliphatic heterocycles. The summed E-state index contributed by atoms with van der Waals surface area (Å²) in [7, 11) is 0. The van der Waals surface area contributed by atoms with Gasteiger partial charge in [-0.25, -0.2) is 4.39 Å². The molecule has 0 saturated carbocycles. The maximum absolute atomic E-state index is 14.2. The predicted molar refractivity (Wildman–Crippen MR) is 111 cm³/mol. The van der Waals surface area contributed by atoms with E-state index in [4.69, 9.17) is 11.6 Å². The number of piperidine rings is 1. The largest absolute Gasteiger partial charge is 0.385 e. The molecule has 5 heteroatoms. The number of benzene rings is 2. The van der Waals surface area contributed by atoms with Crippen LogP contribution in [0.25, 0.3) is 10.9 Å². The third kappa shape index (κ3) is 3.64. The second kappa shape index (κ2) is 7.43. The highest BCUT2D eigenvalue weighted by Crippen LogP contribution is 2.35. The average Bonchev–Trinajstić information content (AvgIpc) is 2.69. The number of aromatic nitrogens is 1. The molecule has 146 valence electrons. The van der Waals surface area contributed by atoms with Crippen LogP contribution in [0.2, 0.25) is 5.02 Å². The SMILES string of the molecule is Cc1ccc2cc(C3(O)CCN(Cc4c(F)ccc(C)c4Cl)CC3)ccc2n1. The average molecular weight is 399 g/mol. The van der Waals surface area contributed by atoms with Crippen LogP contribution in [-0.2, 0) is 12.1 Å². The predicted octanol–water partition coefficient (Wildman–Crippen LogP) is 5.13. The Morgan fingerprint density at radius 2 is 1.86 bits per heavy atom. The quantitative estimate of drug-likeness (QED) is 0.664. The molecule has 0 radical (unpaired) electrons. The van der Waals surface area contributed by atoms with Crippen molar-refractivity contribution in [2.45, 2.75) is 38.8 Å². The number of likely N-dealkylation sites (tertiary alicyclic amines) is 1. The van der Waals surface area contributed by atoms with E-state index in [1.807, 2.05) is 44.2 Å². The fourth-order valence-corrected chi connectivity index (χ4v) is 4.18. The summed E-state index contributed by atoms with van der Waals surface area (Å²) in [5.74, 6) is -0.270. The van der Waals surface area contributed by atoms with Gasteiger partial charge in [0.25, 0.3) is 0 Å². The number of nitrogens with zero attached hydrogens (tertiary/aromatic N) is 2. The Bertz CT molecular complexity index is 1030. The summed E-state index contributed by atoms with van der Waals surface area (Å²) >= 11 is 6.31. The first-order chi connectivity index (χ1) is 13.4.